The summed E-state index contributed by atoms with van der Waals surface area (Å²) in [5, 5.41) is 3.06. The molecule has 5 nitrogen and oxygen atoms in total. The Morgan fingerprint density at radius 3 is 2.44 bits per heavy atom. The van der Waals surface area contributed by atoms with Gasteiger partial charge < -0.3 is 19.5 Å². The highest BCUT2D eigenvalue weighted by molar-refractivity contribution is 6.32. The number of hydrogen-bond acceptors (Lipinski definition) is 4. The van der Waals surface area contributed by atoms with Gasteiger partial charge in [0.1, 0.15) is 11.5 Å². The summed E-state index contributed by atoms with van der Waals surface area (Å²) >= 11 is 6.05. The van der Waals surface area contributed by atoms with Gasteiger partial charge in [0, 0.05) is 12.1 Å². The molecule has 0 spiro atoms. The molecule has 1 amide bonds. The molecule has 7 heteroatoms. The third-order valence-corrected chi connectivity index (χ3v) is 3.80. The van der Waals surface area contributed by atoms with Crippen molar-refractivity contribution >= 4 is 23.2 Å². The van der Waals surface area contributed by atoms with Gasteiger partial charge in [-0.2, -0.15) is 0 Å². The van der Waals surface area contributed by atoms with Crippen molar-refractivity contribution in [2.75, 3.05) is 19.5 Å². The zero-order valence-electron chi connectivity index (χ0n) is 14.1. The van der Waals surface area contributed by atoms with Gasteiger partial charge in [-0.1, -0.05) is 30.7 Å². The monoisotopic (exact) mass is 367 g/mol. The average molecular weight is 368 g/mol. The Labute approximate surface area is 150 Å². The number of carbonyl (C=O) groups excluding carboxylic acids is 1. The Bertz CT molecular complexity index is 754. The second kappa shape index (κ2) is 8.58. The van der Waals surface area contributed by atoms with Crippen LogP contribution >= 0.6 is 11.6 Å². The van der Waals surface area contributed by atoms with Crippen molar-refractivity contribution in [3.8, 4) is 17.2 Å². The molecule has 0 radical (unpaired) electrons. The molecule has 0 heterocycles. The molecule has 2 rings (SSSR count). The Hall–Kier alpha value is -2.47. The van der Waals surface area contributed by atoms with Crippen LogP contribution < -0.4 is 19.5 Å². The molecular weight excluding hydrogens is 349 g/mol. The van der Waals surface area contributed by atoms with Crippen molar-refractivity contribution < 1.29 is 23.4 Å². The van der Waals surface area contributed by atoms with Crippen molar-refractivity contribution in [3.05, 3.63) is 47.2 Å². The molecule has 0 saturated heterocycles. The van der Waals surface area contributed by atoms with E-state index in [-0.39, 0.29) is 5.75 Å². The minimum atomic E-state index is -0.872. The maximum absolute atomic E-state index is 13.7. The smallest absolute Gasteiger partial charge is 0.265 e. The second-order valence-corrected chi connectivity index (χ2v) is 5.53. The van der Waals surface area contributed by atoms with E-state index in [4.69, 9.17) is 25.8 Å². The minimum absolute atomic E-state index is 0.0187. The van der Waals surface area contributed by atoms with Gasteiger partial charge in [-0.25, -0.2) is 4.39 Å². The molecule has 2 aromatic carbocycles. The third kappa shape index (κ3) is 4.54. The number of halogens is 2. The van der Waals surface area contributed by atoms with Crippen molar-refractivity contribution in [2.45, 2.75) is 19.4 Å². The highest BCUT2D eigenvalue weighted by Gasteiger charge is 2.22. The summed E-state index contributed by atoms with van der Waals surface area (Å²) in [6, 6.07) is 9.01. The summed E-state index contributed by atoms with van der Waals surface area (Å²) in [6.45, 7) is 1.77. The van der Waals surface area contributed by atoms with E-state index in [1.807, 2.05) is 0 Å². The quantitative estimate of drug-likeness (QED) is 0.793. The first kappa shape index (κ1) is 18.9. The van der Waals surface area contributed by atoms with Crippen molar-refractivity contribution in [1.29, 1.82) is 0 Å². The van der Waals surface area contributed by atoms with Crippen LogP contribution in [0.5, 0.6) is 17.2 Å². The van der Waals surface area contributed by atoms with Gasteiger partial charge in [-0.15, -0.1) is 0 Å². The first-order chi connectivity index (χ1) is 12.0. The first-order valence-electron chi connectivity index (χ1n) is 7.63. The first-order valence-corrected chi connectivity index (χ1v) is 8.01. The standard InChI is InChI=1S/C18H19ClFNO4/c1-4-14(25-15-8-6-5-7-12(15)20)18(22)21-13-10-16(23-2)11(19)9-17(13)24-3/h5-10,14H,4H2,1-3H3,(H,21,22)/t14-/m0/s1. The lowest BCUT2D eigenvalue weighted by molar-refractivity contribution is -0.122. The van der Waals surface area contributed by atoms with Gasteiger partial charge in [0.05, 0.1) is 24.9 Å². The number of para-hydroxylation sites is 1. The summed E-state index contributed by atoms with van der Waals surface area (Å²) in [7, 11) is 2.93. The zero-order chi connectivity index (χ0) is 18.4. The highest BCUT2D eigenvalue weighted by Crippen LogP contribution is 2.36. The van der Waals surface area contributed by atoms with Crippen molar-refractivity contribution in [3.63, 3.8) is 0 Å². The van der Waals surface area contributed by atoms with Gasteiger partial charge in [0.2, 0.25) is 0 Å². The molecule has 0 unspecified atom stereocenters. The topological polar surface area (TPSA) is 56.8 Å². The normalized spacial score (nSPS) is 11.6. The molecule has 0 aromatic heterocycles. The zero-order valence-corrected chi connectivity index (χ0v) is 14.9. The van der Waals surface area contributed by atoms with E-state index in [0.717, 1.165) is 0 Å². The molecule has 25 heavy (non-hydrogen) atoms. The minimum Gasteiger partial charge on any atom is -0.495 e. The summed E-state index contributed by atoms with van der Waals surface area (Å²) in [5.41, 5.74) is 0.379. The Morgan fingerprint density at radius 2 is 1.84 bits per heavy atom. The van der Waals surface area contributed by atoms with E-state index < -0.39 is 17.8 Å². The Balaban J connectivity index is 2.20. The second-order valence-electron chi connectivity index (χ2n) is 5.12. The summed E-state index contributed by atoms with van der Waals surface area (Å²) in [4.78, 5) is 12.5. The maximum atomic E-state index is 13.7. The van der Waals surface area contributed by atoms with Crippen molar-refractivity contribution in [1.82, 2.24) is 0 Å². The molecule has 0 aliphatic rings. The maximum Gasteiger partial charge on any atom is 0.265 e. The van der Waals surface area contributed by atoms with Gasteiger partial charge in [0.15, 0.2) is 17.7 Å². The van der Waals surface area contributed by atoms with E-state index >= 15 is 0 Å². The van der Waals surface area contributed by atoms with Gasteiger partial charge in [-0.3, -0.25) is 4.79 Å². The lowest BCUT2D eigenvalue weighted by Crippen LogP contribution is -2.32. The van der Waals surface area contributed by atoms with Crippen LogP contribution in [0.4, 0.5) is 10.1 Å². The van der Waals surface area contributed by atoms with Crippen LogP contribution in [-0.4, -0.2) is 26.2 Å². The van der Waals surface area contributed by atoms with Crippen LogP contribution in [0.2, 0.25) is 5.02 Å². The number of nitrogens with one attached hydrogen (secondary N) is 1. The summed E-state index contributed by atoms with van der Waals surface area (Å²) < 4.78 is 29.6. The number of carbonyl (C=O) groups is 1. The number of ether oxygens (including phenoxy) is 3. The molecule has 0 bridgehead atoms. The van der Waals surface area contributed by atoms with Gasteiger partial charge in [0.25, 0.3) is 5.91 Å². The average Bonchev–Trinajstić information content (AvgIpc) is 2.61. The van der Waals surface area contributed by atoms with Crippen LogP contribution in [0.15, 0.2) is 36.4 Å². The number of anilines is 1. The fourth-order valence-electron chi connectivity index (χ4n) is 2.19. The number of hydrogen-bond donors (Lipinski definition) is 1. The molecule has 0 fully saturated rings. The molecule has 134 valence electrons. The number of amides is 1. The molecule has 2 aromatic rings. The van der Waals surface area contributed by atoms with Crippen LogP contribution in [0, 0.1) is 5.82 Å². The number of benzene rings is 2. The summed E-state index contributed by atoms with van der Waals surface area (Å²) in [6.07, 6.45) is -0.518. The molecule has 0 saturated carbocycles. The predicted molar refractivity (Wildman–Crippen MR) is 94.3 cm³/mol. The fourth-order valence-corrected chi connectivity index (χ4v) is 2.42. The molecular formula is C18H19ClFNO4. The number of methoxy groups -OCH3 is 2. The Morgan fingerprint density at radius 1 is 1.16 bits per heavy atom. The van der Waals surface area contributed by atoms with Crippen LogP contribution in [0.3, 0.4) is 0 Å². The molecule has 1 atom stereocenters. The largest absolute Gasteiger partial charge is 0.495 e. The van der Waals surface area contributed by atoms with Crippen molar-refractivity contribution in [2.24, 2.45) is 0 Å². The van der Waals surface area contributed by atoms with E-state index in [1.54, 1.807) is 25.1 Å². The lowest BCUT2D eigenvalue weighted by atomic mass is 10.2. The van der Waals surface area contributed by atoms with Crippen LogP contribution in [-0.2, 0) is 4.79 Å². The van der Waals surface area contributed by atoms with E-state index in [2.05, 4.69) is 5.32 Å². The van der Waals surface area contributed by atoms with Gasteiger partial charge in [-0.05, 0) is 18.6 Å². The SMILES string of the molecule is CC[C@H](Oc1ccccc1F)C(=O)Nc1cc(OC)c(Cl)cc1OC. The van der Waals surface area contributed by atoms with Crippen LogP contribution in [0.25, 0.3) is 0 Å². The van der Waals surface area contributed by atoms with Gasteiger partial charge >= 0.3 is 0 Å². The van der Waals surface area contributed by atoms with E-state index in [1.165, 1.54) is 32.4 Å². The third-order valence-electron chi connectivity index (χ3n) is 3.50. The van der Waals surface area contributed by atoms with E-state index in [9.17, 15) is 9.18 Å². The number of rotatable bonds is 7. The highest BCUT2D eigenvalue weighted by atomic mass is 35.5. The molecule has 0 aliphatic heterocycles. The Kier molecular flexibility index (Phi) is 6.47. The fraction of sp³-hybridized carbons (Fsp3) is 0.278. The summed E-state index contributed by atoms with van der Waals surface area (Å²) in [5.74, 6) is -0.182. The van der Waals surface area contributed by atoms with E-state index in [0.29, 0.717) is 28.6 Å². The molecule has 1 N–H and O–H groups in total. The predicted octanol–water partition coefficient (Wildman–Crippen LogP) is 4.29. The molecule has 0 aliphatic carbocycles. The van der Waals surface area contributed by atoms with Crippen LogP contribution in [0.1, 0.15) is 13.3 Å². The lowest BCUT2D eigenvalue weighted by Gasteiger charge is -2.19.